The predicted molar refractivity (Wildman–Crippen MR) is 48.1 cm³/mol. The smallest absolute Gasteiger partial charge is 0.273 e. The van der Waals surface area contributed by atoms with Gasteiger partial charge in [0.1, 0.15) is 0 Å². The summed E-state index contributed by atoms with van der Waals surface area (Å²) < 4.78 is 0. The minimum absolute atomic E-state index is 0. The van der Waals surface area contributed by atoms with Crippen LogP contribution in [0.4, 0.5) is 9.41 Å². The van der Waals surface area contributed by atoms with Gasteiger partial charge in [-0.15, -0.1) is 12.8 Å². The van der Waals surface area contributed by atoms with Gasteiger partial charge in [-0.2, -0.15) is 12.2 Å². The van der Waals surface area contributed by atoms with Crippen molar-refractivity contribution in [1.29, 1.82) is 0 Å². The van der Waals surface area contributed by atoms with E-state index in [1.54, 1.807) is 0 Å². The number of hydrogen-bond donors (Lipinski definition) is 0. The van der Waals surface area contributed by atoms with Gasteiger partial charge in [-0.25, -0.2) is 24.3 Å². The maximum Gasteiger partial charge on any atom is 2.00 e. The molecule has 0 spiro atoms. The second-order valence-electron chi connectivity index (χ2n) is 2.01. The van der Waals surface area contributed by atoms with Crippen molar-refractivity contribution in [3.63, 3.8) is 0 Å². The molecule has 0 bridgehead atoms. The van der Waals surface area contributed by atoms with Gasteiger partial charge in [-0.1, -0.05) is 0 Å². The summed E-state index contributed by atoms with van der Waals surface area (Å²) in [6.45, 7) is 0. The van der Waals surface area contributed by atoms with Crippen molar-refractivity contribution in [2.45, 2.75) is 12.8 Å². The summed E-state index contributed by atoms with van der Waals surface area (Å²) in [4.78, 5) is 0. The summed E-state index contributed by atoms with van der Waals surface area (Å²) in [5.41, 5.74) is 0. The number of halogens is 2. The van der Waals surface area contributed by atoms with Gasteiger partial charge in [-0.05, 0) is 0 Å². The standard InChI is InChI=1S/2C5H5.2FH.Zr/c2*1-2-4-5-3-1;;;/h2*1-3H,4H2;2*1H;/q2*-1;;;+2. The molecule has 0 amide bonds. The Morgan fingerprint density at radius 1 is 0.769 bits per heavy atom. The molecule has 0 aromatic rings. The third-order valence-electron chi connectivity index (χ3n) is 1.17. The summed E-state index contributed by atoms with van der Waals surface area (Å²) >= 11 is 0. The summed E-state index contributed by atoms with van der Waals surface area (Å²) in [6.07, 6.45) is 20.0. The molecule has 0 aliphatic heterocycles. The van der Waals surface area contributed by atoms with Crippen molar-refractivity contribution in [3.8, 4) is 0 Å². The zero-order valence-electron chi connectivity index (χ0n) is 7.19. The molecule has 0 saturated heterocycles. The van der Waals surface area contributed by atoms with E-state index in [-0.39, 0.29) is 35.6 Å². The number of rotatable bonds is 0. The maximum atomic E-state index is 2.99. The quantitative estimate of drug-likeness (QED) is 0.588. The largest absolute Gasteiger partial charge is 2.00 e. The van der Waals surface area contributed by atoms with Gasteiger partial charge in [0.25, 0.3) is 0 Å². The molecule has 0 unspecified atom stereocenters. The Bertz CT molecular complexity index is 151. The Hall–Kier alpha value is -0.297. The van der Waals surface area contributed by atoms with Gasteiger partial charge in [0, 0.05) is 0 Å². The van der Waals surface area contributed by atoms with E-state index in [4.69, 9.17) is 0 Å². The second-order valence-corrected chi connectivity index (χ2v) is 2.01. The Labute approximate surface area is 97.0 Å². The maximum absolute atomic E-state index is 2.99. The molecule has 0 heterocycles. The van der Waals surface area contributed by atoms with E-state index in [0.29, 0.717) is 0 Å². The number of allylic oxidation sites excluding steroid dienone is 8. The van der Waals surface area contributed by atoms with E-state index in [1.807, 2.05) is 24.3 Å². The Balaban J connectivity index is -0.000000125. The molecule has 70 valence electrons. The predicted octanol–water partition coefficient (Wildman–Crippen LogP) is 2.91. The SMILES string of the molecule is F.F.[C-]1=CC=CC1.[C-]1=CC=CC1.[Zr+2]. The molecule has 0 radical (unpaired) electrons. The molecule has 0 nitrogen and oxygen atoms in total. The van der Waals surface area contributed by atoms with Gasteiger partial charge in [0.2, 0.25) is 0 Å². The van der Waals surface area contributed by atoms with Crippen LogP contribution in [-0.2, 0) is 26.2 Å². The van der Waals surface area contributed by atoms with E-state index in [1.165, 1.54) is 0 Å². The van der Waals surface area contributed by atoms with Crippen LogP contribution in [0.2, 0.25) is 0 Å². The summed E-state index contributed by atoms with van der Waals surface area (Å²) in [7, 11) is 0. The summed E-state index contributed by atoms with van der Waals surface area (Å²) in [5.74, 6) is 0. The van der Waals surface area contributed by atoms with E-state index in [0.717, 1.165) is 12.8 Å². The van der Waals surface area contributed by atoms with Crippen molar-refractivity contribution < 1.29 is 35.6 Å². The molecule has 0 atom stereocenters. The topological polar surface area (TPSA) is 0 Å². The Morgan fingerprint density at radius 3 is 1.23 bits per heavy atom. The molecule has 0 N–H and O–H groups in total. The third-order valence-corrected chi connectivity index (χ3v) is 1.17. The van der Waals surface area contributed by atoms with Crippen molar-refractivity contribution in [3.05, 3.63) is 48.6 Å². The van der Waals surface area contributed by atoms with E-state index < -0.39 is 0 Å². The van der Waals surface area contributed by atoms with Gasteiger partial charge in [0.05, 0.1) is 0 Å². The first-order chi connectivity index (χ1) is 5.00. The third kappa shape index (κ3) is 11.7. The van der Waals surface area contributed by atoms with Crippen LogP contribution >= 0.6 is 0 Å². The molecule has 0 aromatic heterocycles. The molecule has 13 heavy (non-hydrogen) atoms. The van der Waals surface area contributed by atoms with Crippen LogP contribution < -0.4 is 0 Å². The molecule has 2 aliphatic rings. The minimum Gasteiger partial charge on any atom is -0.273 e. The number of hydrogen-bond acceptors (Lipinski definition) is 0. The molecule has 0 fully saturated rings. The van der Waals surface area contributed by atoms with Crippen molar-refractivity contribution >= 4 is 0 Å². The monoisotopic (exact) mass is 260 g/mol. The molecular weight excluding hydrogens is 249 g/mol. The minimum atomic E-state index is 0. The van der Waals surface area contributed by atoms with Crippen LogP contribution in [0, 0.1) is 12.2 Å². The molecule has 3 heteroatoms. The van der Waals surface area contributed by atoms with E-state index in [2.05, 4.69) is 24.3 Å². The van der Waals surface area contributed by atoms with Crippen LogP contribution in [0.15, 0.2) is 36.5 Å². The van der Waals surface area contributed by atoms with Crippen molar-refractivity contribution in [1.82, 2.24) is 0 Å². The summed E-state index contributed by atoms with van der Waals surface area (Å²) in [5, 5.41) is 0. The van der Waals surface area contributed by atoms with E-state index in [9.17, 15) is 0 Å². The van der Waals surface area contributed by atoms with Gasteiger partial charge >= 0.3 is 26.2 Å². The van der Waals surface area contributed by atoms with Crippen molar-refractivity contribution in [2.75, 3.05) is 0 Å². The fourth-order valence-corrected chi connectivity index (χ4v) is 0.680. The molecule has 2 rings (SSSR count). The molecule has 2 aliphatic carbocycles. The second kappa shape index (κ2) is 14.2. The van der Waals surface area contributed by atoms with Gasteiger partial charge in [0.15, 0.2) is 0 Å². The fraction of sp³-hybridized carbons (Fsp3) is 0.200. The van der Waals surface area contributed by atoms with Gasteiger partial charge < -0.3 is 0 Å². The molecular formula is C10H12F2Zr. The Kier molecular flexibility index (Phi) is 20.2. The average molecular weight is 261 g/mol. The zero-order chi connectivity index (χ0) is 7.07. The Morgan fingerprint density at radius 2 is 1.15 bits per heavy atom. The normalized spacial score (nSPS) is 13.5. The summed E-state index contributed by atoms with van der Waals surface area (Å²) in [6, 6.07) is 0. The zero-order valence-corrected chi connectivity index (χ0v) is 9.65. The fourth-order valence-electron chi connectivity index (χ4n) is 0.680. The first-order valence-corrected chi connectivity index (χ1v) is 3.43. The molecule has 0 aromatic carbocycles. The van der Waals surface area contributed by atoms with Crippen LogP contribution in [0.1, 0.15) is 12.8 Å². The first kappa shape index (κ1) is 18.5. The van der Waals surface area contributed by atoms with Crippen LogP contribution in [0.5, 0.6) is 0 Å². The molecule has 0 saturated carbocycles. The van der Waals surface area contributed by atoms with Gasteiger partial charge in [-0.3, -0.25) is 21.6 Å². The first-order valence-electron chi connectivity index (χ1n) is 3.43. The van der Waals surface area contributed by atoms with Crippen molar-refractivity contribution in [2.24, 2.45) is 0 Å². The van der Waals surface area contributed by atoms with E-state index >= 15 is 0 Å². The van der Waals surface area contributed by atoms with Crippen LogP contribution in [-0.4, -0.2) is 0 Å². The average Bonchev–Trinajstić information content (AvgIpc) is 2.67. The van der Waals surface area contributed by atoms with Crippen LogP contribution in [0.3, 0.4) is 0 Å². The van der Waals surface area contributed by atoms with Crippen LogP contribution in [0.25, 0.3) is 0 Å².